The number of nitrogens with zero attached hydrogens (tertiary/aromatic N) is 12. The number of nitrogen functional groups attached to an aromatic ring is 1. The van der Waals surface area contributed by atoms with Crippen molar-refractivity contribution in [2.24, 2.45) is 5.41 Å². The topological polar surface area (TPSA) is 222 Å². The molecule has 1 saturated carbocycles. The van der Waals surface area contributed by atoms with Gasteiger partial charge >= 0.3 is 6.09 Å². The summed E-state index contributed by atoms with van der Waals surface area (Å²) in [5.74, 6) is -0.444. The fraction of sp³-hybridized carbons (Fsp3) is 0.553. The van der Waals surface area contributed by atoms with Gasteiger partial charge in [0.2, 0.25) is 11.8 Å². The minimum Gasteiger partial charge on any atom is -0.448 e. The van der Waals surface area contributed by atoms with Gasteiger partial charge in [0.1, 0.15) is 41.9 Å². The van der Waals surface area contributed by atoms with E-state index >= 15 is 8.78 Å². The first-order chi connectivity index (χ1) is 33.2. The maximum atomic E-state index is 15.3. The second-order valence-corrected chi connectivity index (χ2v) is 20.6. The van der Waals surface area contributed by atoms with Gasteiger partial charge in [-0.1, -0.05) is 5.16 Å². The molecule has 5 saturated heterocycles. The van der Waals surface area contributed by atoms with E-state index in [1.165, 1.54) is 18.5 Å². The number of piperazine rings is 1. The predicted molar refractivity (Wildman–Crippen MR) is 250 cm³/mol. The van der Waals surface area contributed by atoms with E-state index in [4.69, 9.17) is 30.1 Å². The highest BCUT2D eigenvalue weighted by atomic mass is 19.1. The van der Waals surface area contributed by atoms with Crippen molar-refractivity contribution in [2.45, 2.75) is 82.8 Å². The van der Waals surface area contributed by atoms with Gasteiger partial charge in [0.15, 0.2) is 28.9 Å². The molecular weight excluding hydrogens is 893 g/mol. The van der Waals surface area contributed by atoms with Crippen LogP contribution in [0.1, 0.15) is 71.0 Å². The number of hydrogen-bond donors (Lipinski definition) is 3. The van der Waals surface area contributed by atoms with Gasteiger partial charge in [0.25, 0.3) is 0 Å². The van der Waals surface area contributed by atoms with Crippen molar-refractivity contribution < 1.29 is 32.4 Å². The predicted octanol–water partition coefficient (Wildman–Crippen LogP) is 4.19. The second-order valence-electron chi connectivity index (χ2n) is 20.6. The van der Waals surface area contributed by atoms with E-state index in [1.54, 1.807) is 9.80 Å². The van der Waals surface area contributed by atoms with Gasteiger partial charge in [0, 0.05) is 88.4 Å². The Kier molecular flexibility index (Phi) is 11.4. The number of nitrogens with two attached hydrogens (primary N) is 1. The fourth-order valence-electron chi connectivity index (χ4n) is 10.7. The van der Waals surface area contributed by atoms with Crippen molar-refractivity contribution >= 4 is 51.8 Å². The molecule has 1 aromatic carbocycles. The molecule has 6 fully saturated rings. The van der Waals surface area contributed by atoms with Gasteiger partial charge < -0.3 is 35.0 Å². The maximum absolute atomic E-state index is 15.3. The lowest BCUT2D eigenvalue weighted by molar-refractivity contribution is -0.133. The number of nitrogens with one attached hydrogen (secondary N) is 2. The van der Waals surface area contributed by atoms with Crippen molar-refractivity contribution in [1.82, 2.24) is 54.9 Å². The molecular formula is C47H57F2N15O5. The van der Waals surface area contributed by atoms with Gasteiger partial charge in [-0.3, -0.25) is 24.7 Å². The van der Waals surface area contributed by atoms with Gasteiger partial charge in [0.05, 0.1) is 34.6 Å². The molecule has 9 heterocycles. The standard InChI is InChI=1S/C47H57F2N15O5/c1-46(2,3)64-43-36(41(50)53-26-54-43)37(57-64)38-35(40(69-58-38)27-4-5-27)42-51-20-30(21-52-42)62-22-47(23-62)24-63(25-47)45(67)68-17-16-59-10-8-29(9-11-59)60-12-14-61(15-13-60)39-31(48)18-28(19-32(39)49)55-33-6-7-34(65)56-44(33)66/h18-21,26-27,29,33,55H,4-17,22-25H2,1-3H3,(H2,50,53,54)(H,56,65,66). The maximum Gasteiger partial charge on any atom is 0.409 e. The number of carbonyl (C=O) groups excluding carboxylic acids is 3. The Morgan fingerprint density at radius 3 is 2.29 bits per heavy atom. The van der Waals surface area contributed by atoms with Crippen LogP contribution in [-0.2, 0) is 19.9 Å². The highest BCUT2D eigenvalue weighted by Gasteiger charge is 2.54. The van der Waals surface area contributed by atoms with Gasteiger partial charge in [-0.25, -0.2) is 38.2 Å². The van der Waals surface area contributed by atoms with E-state index in [1.807, 2.05) is 37.8 Å². The molecule has 0 bridgehead atoms. The lowest BCUT2D eigenvalue weighted by Gasteiger charge is -2.60. The van der Waals surface area contributed by atoms with Crippen LogP contribution in [0.2, 0.25) is 0 Å². The number of benzene rings is 1. The number of fused-ring (bicyclic) bond motifs is 1. The summed E-state index contributed by atoms with van der Waals surface area (Å²) in [6.07, 6.45) is 9.18. The molecule has 6 aliphatic rings. The van der Waals surface area contributed by atoms with Crippen LogP contribution in [0.15, 0.2) is 35.4 Å². The Balaban J connectivity index is 0.616. The van der Waals surface area contributed by atoms with E-state index in [9.17, 15) is 14.4 Å². The quantitative estimate of drug-likeness (QED) is 0.158. The zero-order valence-electron chi connectivity index (χ0n) is 39.1. The number of rotatable bonds is 11. The molecule has 69 heavy (non-hydrogen) atoms. The van der Waals surface area contributed by atoms with Crippen molar-refractivity contribution in [3.05, 3.63) is 48.2 Å². The Labute approximate surface area is 396 Å². The smallest absolute Gasteiger partial charge is 0.409 e. The number of anilines is 4. The minimum absolute atomic E-state index is 0.0184. The van der Waals surface area contributed by atoms with Crippen LogP contribution in [0, 0.1) is 17.0 Å². The molecule has 4 N–H and O–H groups in total. The Hall–Kier alpha value is -6.55. The number of halogens is 2. The highest BCUT2D eigenvalue weighted by molar-refractivity contribution is 6.02. The molecule has 3 amide bonds. The summed E-state index contributed by atoms with van der Waals surface area (Å²) in [6, 6.07) is 2.07. The van der Waals surface area contributed by atoms with E-state index in [0.29, 0.717) is 98.1 Å². The van der Waals surface area contributed by atoms with E-state index in [0.717, 1.165) is 63.3 Å². The van der Waals surface area contributed by atoms with Crippen LogP contribution < -0.4 is 26.2 Å². The summed E-state index contributed by atoms with van der Waals surface area (Å²) in [7, 11) is 0. The molecule has 1 spiro atoms. The van der Waals surface area contributed by atoms with Gasteiger partial charge in [-0.15, -0.1) is 0 Å². The Morgan fingerprint density at radius 2 is 1.62 bits per heavy atom. The summed E-state index contributed by atoms with van der Waals surface area (Å²) in [5.41, 5.74) is 9.42. The molecule has 20 nitrogen and oxygen atoms in total. The summed E-state index contributed by atoms with van der Waals surface area (Å²) >= 11 is 0. The number of hydrogen-bond acceptors (Lipinski definition) is 17. The second kappa shape index (κ2) is 17.4. The number of likely N-dealkylation sites (tertiary alicyclic amines) is 2. The highest BCUT2D eigenvalue weighted by Crippen LogP contribution is 2.48. The first kappa shape index (κ1) is 44.9. The molecule has 4 aromatic heterocycles. The van der Waals surface area contributed by atoms with Gasteiger partial charge in [-0.05, 0) is 78.1 Å². The molecule has 5 aliphatic heterocycles. The lowest BCUT2D eigenvalue weighted by Crippen LogP contribution is -2.73. The Bertz CT molecular complexity index is 2760. The zero-order chi connectivity index (χ0) is 47.8. The monoisotopic (exact) mass is 949 g/mol. The van der Waals surface area contributed by atoms with Crippen molar-refractivity contribution in [3.63, 3.8) is 0 Å². The molecule has 11 rings (SSSR count). The van der Waals surface area contributed by atoms with Crippen LogP contribution in [0.4, 0.5) is 36.5 Å². The van der Waals surface area contributed by atoms with Crippen molar-refractivity contribution in [3.8, 4) is 22.8 Å². The average Bonchev–Trinajstić information content (AvgIpc) is 3.91. The summed E-state index contributed by atoms with van der Waals surface area (Å²) in [5, 5.41) is 15.2. The summed E-state index contributed by atoms with van der Waals surface area (Å²) in [6.45, 7) is 14.1. The van der Waals surface area contributed by atoms with E-state index in [-0.39, 0.29) is 53.1 Å². The van der Waals surface area contributed by atoms with Gasteiger partial charge in [-0.2, -0.15) is 5.10 Å². The zero-order valence-corrected chi connectivity index (χ0v) is 39.1. The molecule has 1 atom stereocenters. The van der Waals surface area contributed by atoms with Crippen molar-refractivity contribution in [1.29, 1.82) is 0 Å². The Morgan fingerprint density at radius 1 is 0.913 bits per heavy atom. The number of piperidine rings is 2. The molecule has 5 aromatic rings. The SMILES string of the molecule is CC(C)(C)n1nc(-c2noc(C3CC3)c2-c2ncc(N3CC4(CN(C(=O)OCCN5CCC(N6CCN(c7c(F)cc(NC8CCC(=O)NC8=O)cc7F)CC6)CC5)C4)C3)cn2)c2c(N)ncnc21. The number of carbonyl (C=O) groups is 3. The van der Waals surface area contributed by atoms with Crippen LogP contribution in [-0.4, -0.2) is 158 Å². The first-order valence-electron chi connectivity index (χ1n) is 24.0. The minimum atomic E-state index is -0.728. The molecule has 364 valence electrons. The van der Waals surface area contributed by atoms with E-state index < -0.39 is 23.6 Å². The molecule has 0 radical (unpaired) electrons. The molecule has 1 unspecified atom stereocenters. The first-order valence-corrected chi connectivity index (χ1v) is 24.0. The normalized spacial score (nSPS) is 21.4. The summed E-state index contributed by atoms with van der Waals surface area (Å²) < 4.78 is 44.1. The molecule has 22 heteroatoms. The van der Waals surface area contributed by atoms with Crippen LogP contribution >= 0.6 is 0 Å². The largest absolute Gasteiger partial charge is 0.448 e. The number of ether oxygens (including phenoxy) is 1. The lowest BCUT2D eigenvalue weighted by atomic mass is 9.73. The third-order valence-corrected chi connectivity index (χ3v) is 14.5. The molecule has 1 aliphatic carbocycles. The average molecular weight is 950 g/mol. The fourth-order valence-corrected chi connectivity index (χ4v) is 10.7. The van der Waals surface area contributed by atoms with Crippen molar-refractivity contribution in [2.75, 3.05) is 99.4 Å². The van der Waals surface area contributed by atoms with Crippen LogP contribution in [0.3, 0.4) is 0 Å². The third-order valence-electron chi connectivity index (χ3n) is 14.5. The number of aromatic nitrogens is 7. The van der Waals surface area contributed by atoms with Crippen LogP contribution in [0.5, 0.6) is 0 Å². The summed E-state index contributed by atoms with van der Waals surface area (Å²) in [4.78, 5) is 65.5. The van der Waals surface area contributed by atoms with E-state index in [2.05, 4.69) is 40.5 Å². The van der Waals surface area contributed by atoms with Crippen LogP contribution in [0.25, 0.3) is 33.8 Å². The number of amides is 3. The number of imide groups is 1. The third kappa shape index (κ3) is 8.65.